The van der Waals surface area contributed by atoms with Crippen molar-refractivity contribution in [2.75, 3.05) is 7.11 Å². The van der Waals surface area contributed by atoms with Crippen LogP contribution in [-0.2, 0) is 22.6 Å². The fourth-order valence-corrected chi connectivity index (χ4v) is 2.15. The standard InChI is InChI=1S/C18H20O4/c1-3-13-8-10-15(11-9-13)22-12-14-6-4-5-7-16(14)17(19)18(20)21-2/h4-11,17,19H,3,12H2,1-2H3. The minimum atomic E-state index is -1.30. The molecule has 1 N–H and O–H groups in total. The summed E-state index contributed by atoms with van der Waals surface area (Å²) in [4.78, 5) is 11.5. The molecule has 0 aliphatic carbocycles. The molecule has 0 radical (unpaired) electrons. The van der Waals surface area contributed by atoms with Crippen LogP contribution < -0.4 is 4.74 Å². The molecular formula is C18H20O4. The van der Waals surface area contributed by atoms with Gasteiger partial charge in [-0.05, 0) is 35.2 Å². The number of methoxy groups -OCH3 is 1. The molecule has 0 aliphatic heterocycles. The lowest BCUT2D eigenvalue weighted by atomic mass is 10.0. The van der Waals surface area contributed by atoms with Crippen molar-refractivity contribution in [2.45, 2.75) is 26.1 Å². The molecule has 1 atom stereocenters. The summed E-state index contributed by atoms with van der Waals surface area (Å²) in [5.74, 6) is 0.0688. The summed E-state index contributed by atoms with van der Waals surface area (Å²) in [7, 11) is 1.25. The van der Waals surface area contributed by atoms with Gasteiger partial charge < -0.3 is 14.6 Å². The molecule has 0 heterocycles. The molecule has 0 spiro atoms. The zero-order chi connectivity index (χ0) is 15.9. The molecule has 4 heteroatoms. The lowest BCUT2D eigenvalue weighted by Crippen LogP contribution is -2.15. The third kappa shape index (κ3) is 3.86. The molecule has 4 nitrogen and oxygen atoms in total. The van der Waals surface area contributed by atoms with Crippen molar-refractivity contribution >= 4 is 5.97 Å². The predicted molar refractivity (Wildman–Crippen MR) is 83.6 cm³/mol. The average molecular weight is 300 g/mol. The number of benzene rings is 2. The molecule has 1 unspecified atom stereocenters. The maximum Gasteiger partial charge on any atom is 0.339 e. The highest BCUT2D eigenvalue weighted by molar-refractivity contribution is 5.76. The molecule has 0 fully saturated rings. The van der Waals surface area contributed by atoms with Crippen LogP contribution in [0.25, 0.3) is 0 Å². The molecule has 0 saturated heterocycles. The van der Waals surface area contributed by atoms with Crippen molar-refractivity contribution in [1.29, 1.82) is 0 Å². The minimum absolute atomic E-state index is 0.274. The first-order chi connectivity index (χ1) is 10.7. The van der Waals surface area contributed by atoms with Gasteiger partial charge in [-0.25, -0.2) is 4.79 Å². The maximum absolute atomic E-state index is 11.5. The minimum Gasteiger partial charge on any atom is -0.489 e. The van der Waals surface area contributed by atoms with Crippen LogP contribution >= 0.6 is 0 Å². The number of rotatable bonds is 6. The van der Waals surface area contributed by atoms with Crippen LogP contribution in [0.1, 0.15) is 29.7 Å². The van der Waals surface area contributed by atoms with Gasteiger partial charge in [0, 0.05) is 0 Å². The van der Waals surface area contributed by atoms with Crippen molar-refractivity contribution < 1.29 is 19.4 Å². The van der Waals surface area contributed by atoms with Gasteiger partial charge in [-0.15, -0.1) is 0 Å². The second-order valence-electron chi connectivity index (χ2n) is 4.91. The van der Waals surface area contributed by atoms with Gasteiger partial charge in [0.05, 0.1) is 7.11 Å². The highest BCUT2D eigenvalue weighted by atomic mass is 16.5. The van der Waals surface area contributed by atoms with Gasteiger partial charge in [0.1, 0.15) is 12.4 Å². The number of aliphatic hydroxyl groups is 1. The first-order valence-corrected chi connectivity index (χ1v) is 7.21. The normalized spacial score (nSPS) is 11.8. The maximum atomic E-state index is 11.5. The Labute approximate surface area is 130 Å². The SMILES string of the molecule is CCc1ccc(OCc2ccccc2C(O)C(=O)OC)cc1. The Morgan fingerprint density at radius 1 is 1.14 bits per heavy atom. The number of aliphatic hydroxyl groups excluding tert-OH is 1. The van der Waals surface area contributed by atoms with Crippen molar-refractivity contribution in [3.63, 3.8) is 0 Å². The highest BCUT2D eigenvalue weighted by Crippen LogP contribution is 2.21. The largest absolute Gasteiger partial charge is 0.489 e. The van der Waals surface area contributed by atoms with E-state index in [4.69, 9.17) is 4.74 Å². The van der Waals surface area contributed by atoms with Crippen LogP contribution in [0.5, 0.6) is 5.75 Å². The number of aryl methyl sites for hydroxylation is 1. The molecule has 2 aromatic carbocycles. The van der Waals surface area contributed by atoms with Crippen molar-refractivity contribution in [2.24, 2.45) is 0 Å². The van der Waals surface area contributed by atoms with E-state index < -0.39 is 12.1 Å². The van der Waals surface area contributed by atoms with E-state index >= 15 is 0 Å². The highest BCUT2D eigenvalue weighted by Gasteiger charge is 2.20. The quantitative estimate of drug-likeness (QED) is 0.833. The Balaban J connectivity index is 2.10. The summed E-state index contributed by atoms with van der Waals surface area (Å²) in [6, 6.07) is 15.0. The summed E-state index contributed by atoms with van der Waals surface area (Å²) in [5, 5.41) is 10.0. The number of carbonyl (C=O) groups excluding carboxylic acids is 1. The van der Waals surface area contributed by atoms with E-state index in [9.17, 15) is 9.90 Å². The molecular weight excluding hydrogens is 280 g/mol. The number of hydrogen-bond acceptors (Lipinski definition) is 4. The Morgan fingerprint density at radius 2 is 1.82 bits per heavy atom. The summed E-state index contributed by atoms with van der Waals surface area (Å²) >= 11 is 0. The monoisotopic (exact) mass is 300 g/mol. The smallest absolute Gasteiger partial charge is 0.339 e. The first kappa shape index (κ1) is 16.0. The fraction of sp³-hybridized carbons (Fsp3) is 0.278. The predicted octanol–water partition coefficient (Wildman–Crippen LogP) is 3.03. The second kappa shape index (κ2) is 7.61. The fourth-order valence-electron chi connectivity index (χ4n) is 2.15. The van der Waals surface area contributed by atoms with Gasteiger partial charge in [0.15, 0.2) is 6.10 Å². The van der Waals surface area contributed by atoms with Gasteiger partial charge in [0.2, 0.25) is 0 Å². The molecule has 2 rings (SSSR count). The number of hydrogen-bond donors (Lipinski definition) is 1. The number of ether oxygens (including phenoxy) is 2. The third-order valence-electron chi connectivity index (χ3n) is 3.50. The van der Waals surface area contributed by atoms with Crippen molar-refractivity contribution in [1.82, 2.24) is 0 Å². The van der Waals surface area contributed by atoms with E-state index in [0.29, 0.717) is 5.56 Å². The average Bonchev–Trinajstić information content (AvgIpc) is 2.59. The van der Waals surface area contributed by atoms with Crippen LogP contribution in [0.2, 0.25) is 0 Å². The topological polar surface area (TPSA) is 55.8 Å². The van der Waals surface area contributed by atoms with Gasteiger partial charge in [-0.3, -0.25) is 0 Å². The summed E-state index contributed by atoms with van der Waals surface area (Å²) in [6.45, 7) is 2.37. The van der Waals surface area contributed by atoms with Crippen molar-refractivity contribution in [3.05, 3.63) is 65.2 Å². The van der Waals surface area contributed by atoms with Crippen molar-refractivity contribution in [3.8, 4) is 5.75 Å². The Bertz CT molecular complexity index is 619. The number of esters is 1. The van der Waals surface area contributed by atoms with E-state index in [1.54, 1.807) is 12.1 Å². The Kier molecular flexibility index (Phi) is 5.55. The molecule has 0 bridgehead atoms. The molecule has 2 aromatic rings. The molecule has 0 aromatic heterocycles. The molecule has 0 aliphatic rings. The summed E-state index contributed by atoms with van der Waals surface area (Å²) in [6.07, 6.45) is -0.318. The Hall–Kier alpha value is -2.33. The third-order valence-corrected chi connectivity index (χ3v) is 3.50. The van der Waals surface area contributed by atoms with Gasteiger partial charge in [-0.2, -0.15) is 0 Å². The van der Waals surface area contributed by atoms with Crippen LogP contribution in [0.3, 0.4) is 0 Å². The van der Waals surface area contributed by atoms with E-state index in [0.717, 1.165) is 17.7 Å². The van der Waals surface area contributed by atoms with Crippen LogP contribution in [0.15, 0.2) is 48.5 Å². The van der Waals surface area contributed by atoms with Crippen LogP contribution in [0.4, 0.5) is 0 Å². The number of carbonyl (C=O) groups is 1. The van der Waals surface area contributed by atoms with Gasteiger partial charge in [0.25, 0.3) is 0 Å². The second-order valence-corrected chi connectivity index (χ2v) is 4.91. The zero-order valence-electron chi connectivity index (χ0n) is 12.8. The lowest BCUT2D eigenvalue weighted by molar-refractivity contribution is -0.150. The molecule has 22 heavy (non-hydrogen) atoms. The first-order valence-electron chi connectivity index (χ1n) is 7.21. The Morgan fingerprint density at radius 3 is 2.45 bits per heavy atom. The van der Waals surface area contributed by atoms with Crippen LogP contribution in [0, 0.1) is 0 Å². The molecule has 0 saturated carbocycles. The van der Waals surface area contributed by atoms with Gasteiger partial charge in [-0.1, -0.05) is 43.3 Å². The summed E-state index contributed by atoms with van der Waals surface area (Å²) < 4.78 is 10.3. The van der Waals surface area contributed by atoms with Gasteiger partial charge >= 0.3 is 5.97 Å². The van der Waals surface area contributed by atoms with Crippen LogP contribution in [-0.4, -0.2) is 18.2 Å². The van der Waals surface area contributed by atoms with E-state index in [-0.39, 0.29) is 6.61 Å². The molecule has 0 amide bonds. The van der Waals surface area contributed by atoms with E-state index in [1.807, 2.05) is 36.4 Å². The summed E-state index contributed by atoms with van der Waals surface area (Å²) in [5.41, 5.74) is 2.49. The lowest BCUT2D eigenvalue weighted by Gasteiger charge is -2.14. The molecule has 116 valence electrons. The zero-order valence-corrected chi connectivity index (χ0v) is 12.8. The van der Waals surface area contributed by atoms with E-state index in [1.165, 1.54) is 12.7 Å². The van der Waals surface area contributed by atoms with E-state index in [2.05, 4.69) is 11.7 Å².